The maximum absolute atomic E-state index is 12.8. The number of benzene rings is 1. The second-order valence-corrected chi connectivity index (χ2v) is 4.51. The molecule has 106 valence electrons. The normalized spacial score (nSPS) is 11.9. The van der Waals surface area contributed by atoms with Crippen molar-refractivity contribution >= 4 is 5.91 Å². The number of hydrogen-bond donors (Lipinski definition) is 1. The van der Waals surface area contributed by atoms with Crippen LogP contribution in [-0.4, -0.2) is 34.2 Å². The number of carbonyl (C=O) groups is 1. The molecule has 6 heteroatoms. The fourth-order valence-electron chi connectivity index (χ4n) is 1.79. The predicted molar refractivity (Wildman–Crippen MR) is 71.6 cm³/mol. The van der Waals surface area contributed by atoms with E-state index in [-0.39, 0.29) is 11.7 Å². The number of ether oxygens (including phenoxy) is 1. The van der Waals surface area contributed by atoms with Crippen molar-refractivity contribution in [3.63, 3.8) is 0 Å². The molecular formula is C14H16FN3O2. The fourth-order valence-corrected chi connectivity index (χ4v) is 1.79. The zero-order valence-electron chi connectivity index (χ0n) is 11.3. The van der Waals surface area contributed by atoms with Gasteiger partial charge in [-0.25, -0.2) is 4.39 Å². The zero-order valence-corrected chi connectivity index (χ0v) is 11.3. The number of H-pyrrole nitrogens is 1. The molecule has 0 bridgehead atoms. The second-order valence-electron chi connectivity index (χ2n) is 4.51. The molecule has 1 unspecified atom stereocenters. The number of rotatable bonds is 5. The Balaban J connectivity index is 1.92. The Morgan fingerprint density at radius 2 is 2.15 bits per heavy atom. The molecule has 1 N–H and O–H groups in total. The van der Waals surface area contributed by atoms with Gasteiger partial charge in [-0.3, -0.25) is 9.89 Å². The van der Waals surface area contributed by atoms with Crippen LogP contribution in [0.1, 0.15) is 12.5 Å². The van der Waals surface area contributed by atoms with Crippen LogP contribution in [0.2, 0.25) is 0 Å². The highest BCUT2D eigenvalue weighted by atomic mass is 19.1. The predicted octanol–water partition coefficient (Wildman–Crippen LogP) is 1.97. The maximum atomic E-state index is 12.8. The number of aromatic amines is 1. The molecule has 1 atom stereocenters. The van der Waals surface area contributed by atoms with Crippen molar-refractivity contribution in [2.24, 2.45) is 0 Å². The summed E-state index contributed by atoms with van der Waals surface area (Å²) >= 11 is 0. The van der Waals surface area contributed by atoms with Crippen LogP contribution in [0, 0.1) is 5.82 Å². The van der Waals surface area contributed by atoms with E-state index in [0.717, 1.165) is 5.56 Å². The summed E-state index contributed by atoms with van der Waals surface area (Å²) in [4.78, 5) is 13.7. The van der Waals surface area contributed by atoms with Crippen LogP contribution < -0.4 is 4.74 Å². The van der Waals surface area contributed by atoms with E-state index in [2.05, 4.69) is 10.2 Å². The maximum Gasteiger partial charge on any atom is 0.263 e. The van der Waals surface area contributed by atoms with E-state index in [4.69, 9.17) is 4.74 Å². The lowest BCUT2D eigenvalue weighted by molar-refractivity contribution is -0.137. The van der Waals surface area contributed by atoms with Crippen molar-refractivity contribution in [2.45, 2.75) is 19.6 Å². The van der Waals surface area contributed by atoms with E-state index in [0.29, 0.717) is 12.3 Å². The first-order valence-electron chi connectivity index (χ1n) is 6.21. The Labute approximate surface area is 116 Å². The Bertz CT molecular complexity index is 554. The van der Waals surface area contributed by atoms with Gasteiger partial charge in [0.2, 0.25) is 0 Å². The third kappa shape index (κ3) is 3.57. The van der Waals surface area contributed by atoms with Gasteiger partial charge in [0.25, 0.3) is 5.91 Å². The van der Waals surface area contributed by atoms with Crippen molar-refractivity contribution in [1.82, 2.24) is 15.1 Å². The summed E-state index contributed by atoms with van der Waals surface area (Å²) < 4.78 is 18.3. The van der Waals surface area contributed by atoms with Crippen LogP contribution >= 0.6 is 0 Å². The number of hydrogen-bond acceptors (Lipinski definition) is 3. The molecule has 1 aromatic carbocycles. The average Bonchev–Trinajstić information content (AvgIpc) is 2.93. The zero-order chi connectivity index (χ0) is 14.5. The first-order valence-corrected chi connectivity index (χ1v) is 6.21. The number of aromatic nitrogens is 2. The first-order chi connectivity index (χ1) is 9.56. The number of amides is 1. The summed E-state index contributed by atoms with van der Waals surface area (Å²) in [6.07, 6.45) is 2.75. The van der Waals surface area contributed by atoms with Crippen molar-refractivity contribution in [3.05, 3.63) is 48.0 Å². The molecule has 0 aliphatic rings. The summed E-state index contributed by atoms with van der Waals surface area (Å²) in [5, 5.41) is 6.52. The van der Waals surface area contributed by atoms with Gasteiger partial charge in [0, 0.05) is 25.4 Å². The van der Waals surface area contributed by atoms with Crippen molar-refractivity contribution in [1.29, 1.82) is 0 Å². The van der Waals surface area contributed by atoms with E-state index in [1.54, 1.807) is 31.3 Å². The Hall–Kier alpha value is -2.37. The Kier molecular flexibility index (Phi) is 4.34. The third-order valence-corrected chi connectivity index (χ3v) is 2.83. The third-order valence-electron chi connectivity index (χ3n) is 2.83. The summed E-state index contributed by atoms with van der Waals surface area (Å²) in [7, 11) is 1.69. The molecule has 0 aliphatic heterocycles. The van der Waals surface area contributed by atoms with Crippen molar-refractivity contribution in [2.75, 3.05) is 7.05 Å². The second kappa shape index (κ2) is 6.18. The van der Waals surface area contributed by atoms with E-state index < -0.39 is 6.10 Å². The Morgan fingerprint density at radius 1 is 1.45 bits per heavy atom. The highest BCUT2D eigenvalue weighted by Gasteiger charge is 2.19. The molecule has 0 saturated heterocycles. The molecule has 1 amide bonds. The summed E-state index contributed by atoms with van der Waals surface area (Å²) in [5.41, 5.74) is 0.912. The van der Waals surface area contributed by atoms with Gasteiger partial charge < -0.3 is 9.64 Å². The topological polar surface area (TPSA) is 58.2 Å². The molecule has 1 heterocycles. The standard InChI is InChI=1S/C14H16FN3O2/c1-10(20-13-5-3-12(15)4-6-13)14(19)18(2)9-11-7-16-17-8-11/h3-8,10H,9H2,1-2H3,(H,16,17). The number of halogens is 1. The summed E-state index contributed by atoms with van der Waals surface area (Å²) in [5.74, 6) is -0.0344. The van der Waals surface area contributed by atoms with Crippen LogP contribution in [-0.2, 0) is 11.3 Å². The van der Waals surface area contributed by atoms with Crippen LogP contribution in [0.15, 0.2) is 36.7 Å². The molecule has 20 heavy (non-hydrogen) atoms. The van der Waals surface area contributed by atoms with Crippen LogP contribution in [0.4, 0.5) is 4.39 Å². The van der Waals surface area contributed by atoms with Crippen molar-refractivity contribution < 1.29 is 13.9 Å². The molecule has 2 rings (SSSR count). The largest absolute Gasteiger partial charge is 0.481 e. The minimum atomic E-state index is -0.641. The van der Waals surface area contributed by atoms with Gasteiger partial charge in [-0.1, -0.05) is 0 Å². The molecule has 0 spiro atoms. The van der Waals surface area contributed by atoms with E-state index in [1.807, 2.05) is 0 Å². The molecule has 5 nitrogen and oxygen atoms in total. The summed E-state index contributed by atoms with van der Waals surface area (Å²) in [6, 6.07) is 5.58. The Morgan fingerprint density at radius 3 is 2.75 bits per heavy atom. The first kappa shape index (κ1) is 14.0. The molecule has 1 aromatic heterocycles. The number of carbonyl (C=O) groups excluding carboxylic acids is 1. The highest BCUT2D eigenvalue weighted by molar-refractivity contribution is 5.80. The van der Waals surface area contributed by atoms with Gasteiger partial charge in [-0.15, -0.1) is 0 Å². The SMILES string of the molecule is CC(Oc1ccc(F)cc1)C(=O)N(C)Cc1cn[nH]c1. The molecule has 0 aliphatic carbocycles. The van der Waals surface area contributed by atoms with Gasteiger partial charge in [0.05, 0.1) is 6.20 Å². The number of nitrogens with zero attached hydrogens (tertiary/aromatic N) is 2. The monoisotopic (exact) mass is 277 g/mol. The van der Waals surface area contributed by atoms with E-state index in [1.165, 1.54) is 24.3 Å². The molecule has 0 fully saturated rings. The quantitative estimate of drug-likeness (QED) is 0.909. The molecular weight excluding hydrogens is 261 g/mol. The number of likely N-dealkylation sites (N-methyl/N-ethyl adjacent to an activating group) is 1. The van der Waals surface area contributed by atoms with E-state index in [9.17, 15) is 9.18 Å². The van der Waals surface area contributed by atoms with Gasteiger partial charge >= 0.3 is 0 Å². The van der Waals surface area contributed by atoms with Gasteiger partial charge in [-0.05, 0) is 31.2 Å². The lowest BCUT2D eigenvalue weighted by Gasteiger charge is -2.21. The van der Waals surface area contributed by atoms with Crippen molar-refractivity contribution in [3.8, 4) is 5.75 Å². The fraction of sp³-hybridized carbons (Fsp3) is 0.286. The van der Waals surface area contributed by atoms with Crippen LogP contribution in [0.25, 0.3) is 0 Å². The molecule has 2 aromatic rings. The van der Waals surface area contributed by atoms with Gasteiger partial charge in [-0.2, -0.15) is 5.10 Å². The van der Waals surface area contributed by atoms with Gasteiger partial charge in [0.1, 0.15) is 11.6 Å². The summed E-state index contributed by atoms with van der Waals surface area (Å²) in [6.45, 7) is 2.12. The number of nitrogens with one attached hydrogen (secondary N) is 1. The lowest BCUT2D eigenvalue weighted by atomic mass is 10.3. The highest BCUT2D eigenvalue weighted by Crippen LogP contribution is 2.14. The van der Waals surface area contributed by atoms with Gasteiger partial charge in [0.15, 0.2) is 6.10 Å². The average molecular weight is 277 g/mol. The smallest absolute Gasteiger partial charge is 0.263 e. The lowest BCUT2D eigenvalue weighted by Crippen LogP contribution is -2.37. The van der Waals surface area contributed by atoms with Crippen LogP contribution in [0.5, 0.6) is 5.75 Å². The molecule has 0 saturated carbocycles. The van der Waals surface area contributed by atoms with Crippen LogP contribution in [0.3, 0.4) is 0 Å². The minimum Gasteiger partial charge on any atom is -0.481 e. The minimum absolute atomic E-state index is 0.157. The van der Waals surface area contributed by atoms with E-state index >= 15 is 0 Å². The molecule has 0 radical (unpaired) electrons.